The van der Waals surface area contributed by atoms with Crippen molar-refractivity contribution < 1.29 is 14.3 Å². The van der Waals surface area contributed by atoms with Crippen LogP contribution in [0.3, 0.4) is 0 Å². The van der Waals surface area contributed by atoms with E-state index in [1.54, 1.807) is 0 Å². The quantitative estimate of drug-likeness (QED) is 0.319. The summed E-state index contributed by atoms with van der Waals surface area (Å²) in [6.07, 6.45) is 0. The summed E-state index contributed by atoms with van der Waals surface area (Å²) in [5, 5.41) is 1.42. The van der Waals surface area contributed by atoms with Gasteiger partial charge in [0.1, 0.15) is 0 Å². The molecule has 0 bridgehead atoms. The average Bonchev–Trinajstić information content (AvgIpc) is 3.41. The third-order valence-electron chi connectivity index (χ3n) is 7.02. The number of hydrogen-bond donors (Lipinski definition) is 0. The van der Waals surface area contributed by atoms with Crippen LogP contribution in [0.1, 0.15) is 12.5 Å². The van der Waals surface area contributed by atoms with Crippen LogP contribution < -0.4 is 5.19 Å². The van der Waals surface area contributed by atoms with Crippen molar-refractivity contribution in [2.45, 2.75) is 50.4 Å². The number of ether oxygens (including phenoxy) is 2. The van der Waals surface area contributed by atoms with E-state index in [0.29, 0.717) is 25.4 Å². The summed E-state index contributed by atoms with van der Waals surface area (Å²) in [4.78, 5) is 20.5. The van der Waals surface area contributed by atoms with Gasteiger partial charge in [0.15, 0.2) is 0 Å². The van der Waals surface area contributed by atoms with Gasteiger partial charge >= 0.3 is 188 Å². The zero-order chi connectivity index (χ0) is 22.0. The first-order valence-corrected chi connectivity index (χ1v) is 24.1. The molecule has 0 heterocycles. The second-order valence-corrected chi connectivity index (χ2v) is 30.2. The topological polar surface area (TPSA) is 35.5 Å². The molecule has 2 aromatic carbocycles. The minimum atomic E-state index is -2.63. The van der Waals surface area contributed by atoms with Crippen molar-refractivity contribution in [2.75, 3.05) is 13.2 Å². The molecule has 0 unspecified atom stereocenters. The van der Waals surface area contributed by atoms with Gasteiger partial charge in [-0.05, 0) is 0 Å². The van der Waals surface area contributed by atoms with Gasteiger partial charge in [-0.2, -0.15) is 0 Å². The summed E-state index contributed by atoms with van der Waals surface area (Å²) in [6, 6.07) is 21.1. The molecule has 0 spiro atoms. The molecule has 5 heteroatoms. The first kappa shape index (κ1) is 23.5. The second-order valence-electron chi connectivity index (χ2n) is 10.1. The molecule has 2 aromatic rings. The molecule has 1 fully saturated rings. The zero-order valence-corrected chi connectivity index (χ0v) is 23.1. The van der Waals surface area contributed by atoms with E-state index in [1.165, 1.54) is 10.8 Å². The molecule has 0 aromatic heterocycles. The molecule has 0 N–H and O–H groups in total. The van der Waals surface area contributed by atoms with Gasteiger partial charge in [-0.15, -0.1) is 0 Å². The van der Waals surface area contributed by atoms with Crippen molar-refractivity contribution in [1.29, 1.82) is 0 Å². The van der Waals surface area contributed by atoms with Gasteiger partial charge in [0.25, 0.3) is 0 Å². The number of hydrogen-bond acceptors (Lipinski definition) is 3. The number of rotatable bonds is 9. The Morgan fingerprint density at radius 3 is 2.10 bits per heavy atom. The van der Waals surface area contributed by atoms with E-state index >= 15 is 0 Å². The Morgan fingerprint density at radius 2 is 1.57 bits per heavy atom. The standard InChI is InChI=1S/C22H27O3Si.3CH3.Sn/c1-4-25-22(23)20-19(16-24-15-17-11-7-5-8-12-17)21(20)26(2,3)18-13-9-6-10-14-18;;;;/h5-14,20-21H,4,15-16H2,1-3H3;3*1H3;/t20-,21-;;;;/m0..../s1. The van der Waals surface area contributed by atoms with Crippen LogP contribution in [0.25, 0.3) is 0 Å². The van der Waals surface area contributed by atoms with Gasteiger partial charge in [0.05, 0.1) is 0 Å². The van der Waals surface area contributed by atoms with E-state index in [9.17, 15) is 4.79 Å². The van der Waals surface area contributed by atoms with Crippen molar-refractivity contribution in [3.05, 3.63) is 66.2 Å². The Bertz CT molecular complexity index is 848. The summed E-state index contributed by atoms with van der Waals surface area (Å²) in [5.74, 6) is -0.0279. The molecular weight excluding hydrogens is 495 g/mol. The van der Waals surface area contributed by atoms with Crippen LogP contribution in [0.5, 0.6) is 0 Å². The van der Waals surface area contributed by atoms with Gasteiger partial charge in [-0.1, -0.05) is 0 Å². The fourth-order valence-electron chi connectivity index (χ4n) is 5.37. The summed E-state index contributed by atoms with van der Waals surface area (Å²) < 4.78 is 12.0. The Balaban J connectivity index is 1.94. The van der Waals surface area contributed by atoms with Gasteiger partial charge in [0, 0.05) is 0 Å². The fourth-order valence-corrected chi connectivity index (χ4v) is 23.9. The van der Waals surface area contributed by atoms with Crippen LogP contribution in [-0.2, 0) is 20.9 Å². The normalized spacial score (nSPS) is 23.8. The average molecular weight is 531 g/mol. The van der Waals surface area contributed by atoms with Crippen LogP contribution in [0, 0.1) is 5.92 Å². The summed E-state index contributed by atoms with van der Waals surface area (Å²) in [7, 11) is -1.90. The predicted octanol–water partition coefficient (Wildman–Crippen LogP) is 5.46. The van der Waals surface area contributed by atoms with Crippen LogP contribution in [0.4, 0.5) is 0 Å². The van der Waals surface area contributed by atoms with E-state index in [1.807, 2.05) is 25.1 Å². The SMILES string of the molecule is CCOC(=O)[C@@H]1[C@@H]([Si](C)(C)c2ccccc2)[C@@]1(COCc1ccccc1)[Sn]([CH3])([CH3])[CH3]. The van der Waals surface area contributed by atoms with E-state index in [4.69, 9.17) is 9.47 Å². The molecule has 3 rings (SSSR count). The van der Waals surface area contributed by atoms with Crippen molar-refractivity contribution in [3.8, 4) is 0 Å². The molecule has 0 radical (unpaired) electrons. The number of benzene rings is 2. The first-order chi connectivity index (χ1) is 14.2. The maximum atomic E-state index is 13.2. The third-order valence-corrected chi connectivity index (χ3v) is 22.2. The summed E-state index contributed by atoms with van der Waals surface area (Å²) in [5.41, 5.74) is 1.55. The Labute approximate surface area is 187 Å². The molecule has 1 saturated carbocycles. The predicted molar refractivity (Wildman–Crippen MR) is 130 cm³/mol. The van der Waals surface area contributed by atoms with Crippen LogP contribution in [0.15, 0.2) is 60.7 Å². The maximum absolute atomic E-state index is 13.2. The monoisotopic (exact) mass is 532 g/mol. The summed E-state index contributed by atoms with van der Waals surface area (Å²) >= 11 is -2.63. The first-order valence-electron chi connectivity index (χ1n) is 11.0. The minimum absolute atomic E-state index is 0.00561. The summed E-state index contributed by atoms with van der Waals surface area (Å²) in [6.45, 7) is 8.46. The van der Waals surface area contributed by atoms with Gasteiger partial charge < -0.3 is 0 Å². The Kier molecular flexibility index (Phi) is 7.20. The third kappa shape index (κ3) is 4.41. The van der Waals surface area contributed by atoms with Crippen molar-refractivity contribution in [1.82, 2.24) is 0 Å². The van der Waals surface area contributed by atoms with E-state index < -0.39 is 26.5 Å². The van der Waals surface area contributed by atoms with Crippen LogP contribution >= 0.6 is 0 Å². The van der Waals surface area contributed by atoms with Crippen molar-refractivity contribution >= 4 is 37.6 Å². The van der Waals surface area contributed by atoms with Crippen LogP contribution in [0.2, 0.25) is 36.9 Å². The number of esters is 1. The van der Waals surface area contributed by atoms with Gasteiger partial charge in [-0.3, -0.25) is 0 Å². The molecular formula is C25H36O3SiSn. The van der Waals surface area contributed by atoms with Gasteiger partial charge in [-0.25, -0.2) is 0 Å². The zero-order valence-electron chi connectivity index (χ0n) is 19.3. The molecule has 162 valence electrons. The molecule has 0 saturated heterocycles. The van der Waals surface area contributed by atoms with E-state index in [0.717, 1.165) is 0 Å². The van der Waals surface area contributed by atoms with Crippen molar-refractivity contribution in [2.24, 2.45) is 5.92 Å². The number of carbonyl (C=O) groups excluding carboxylic acids is 1. The molecule has 0 aliphatic heterocycles. The molecule has 1 aliphatic rings. The Morgan fingerprint density at radius 1 is 1.00 bits per heavy atom. The van der Waals surface area contributed by atoms with Gasteiger partial charge in [0.2, 0.25) is 0 Å². The molecule has 1 aliphatic carbocycles. The fraction of sp³-hybridized carbons (Fsp3) is 0.480. The van der Waals surface area contributed by atoms with Crippen molar-refractivity contribution in [3.63, 3.8) is 0 Å². The molecule has 30 heavy (non-hydrogen) atoms. The molecule has 0 amide bonds. The van der Waals surface area contributed by atoms with Crippen LogP contribution in [-0.4, -0.2) is 45.6 Å². The molecule has 3 nitrogen and oxygen atoms in total. The second kappa shape index (κ2) is 9.17. The Hall–Kier alpha value is -1.11. The molecule has 3 atom stereocenters. The van der Waals surface area contributed by atoms with E-state index in [2.05, 4.69) is 70.4 Å². The van der Waals surface area contributed by atoms with E-state index in [-0.39, 0.29) is 15.3 Å². The number of carbonyl (C=O) groups is 1.